The summed E-state index contributed by atoms with van der Waals surface area (Å²) in [7, 11) is 3.22. The third kappa shape index (κ3) is 6.17. The minimum absolute atomic E-state index is 0.198. The van der Waals surface area contributed by atoms with E-state index < -0.39 is 0 Å². The Hall–Kier alpha value is -3.97. The molecule has 3 aromatic rings. The number of carbonyl (C=O) groups excluding carboxylic acids is 1. The predicted molar refractivity (Wildman–Crippen MR) is 146 cm³/mol. The van der Waals surface area contributed by atoms with Gasteiger partial charge in [0.15, 0.2) is 16.7 Å². The fourth-order valence-corrected chi connectivity index (χ4v) is 4.48. The first kappa shape index (κ1) is 25.1. The molecule has 1 aliphatic heterocycles. The summed E-state index contributed by atoms with van der Waals surface area (Å²) in [6, 6.07) is 19.4. The van der Waals surface area contributed by atoms with Crippen molar-refractivity contribution >= 4 is 34.6 Å². The molecule has 1 saturated heterocycles. The van der Waals surface area contributed by atoms with Gasteiger partial charge in [-0.3, -0.25) is 4.79 Å². The minimum Gasteiger partial charge on any atom is -0.497 e. The zero-order valence-electron chi connectivity index (χ0n) is 20.5. The van der Waals surface area contributed by atoms with Crippen LogP contribution in [0.15, 0.2) is 83.2 Å². The Labute approximate surface area is 215 Å². The third-order valence-corrected chi connectivity index (χ3v) is 6.40. The molecule has 0 radical (unpaired) electrons. The van der Waals surface area contributed by atoms with E-state index in [0.29, 0.717) is 34.6 Å². The molecule has 184 valence electrons. The Balaban J connectivity index is 1.57. The average molecular weight is 501 g/mol. The molecule has 6 nitrogen and oxygen atoms in total. The lowest BCUT2D eigenvalue weighted by Crippen LogP contribution is -2.19. The van der Waals surface area contributed by atoms with Crippen molar-refractivity contribution in [1.29, 1.82) is 0 Å². The largest absolute Gasteiger partial charge is 0.497 e. The average Bonchev–Trinajstić information content (AvgIpc) is 3.22. The van der Waals surface area contributed by atoms with Crippen LogP contribution in [0.1, 0.15) is 22.3 Å². The van der Waals surface area contributed by atoms with E-state index in [0.717, 1.165) is 28.1 Å². The Bertz CT molecular complexity index is 1310. The van der Waals surface area contributed by atoms with Crippen LogP contribution in [0.4, 0.5) is 5.69 Å². The molecule has 3 aromatic carbocycles. The molecule has 0 saturated carbocycles. The van der Waals surface area contributed by atoms with Gasteiger partial charge in [-0.15, -0.1) is 6.58 Å². The number of thioether (sulfide) groups is 1. The lowest BCUT2D eigenvalue weighted by atomic mass is 10.0. The number of amidine groups is 1. The first-order valence-corrected chi connectivity index (χ1v) is 12.2. The summed E-state index contributed by atoms with van der Waals surface area (Å²) in [6.07, 6.45) is 4.25. The Morgan fingerprint density at radius 2 is 1.78 bits per heavy atom. The van der Waals surface area contributed by atoms with Gasteiger partial charge in [0.05, 0.1) is 24.8 Å². The monoisotopic (exact) mass is 500 g/mol. The molecular weight excluding hydrogens is 472 g/mol. The zero-order valence-corrected chi connectivity index (χ0v) is 21.4. The Morgan fingerprint density at radius 3 is 2.44 bits per heavy atom. The van der Waals surface area contributed by atoms with Crippen LogP contribution < -0.4 is 19.5 Å². The van der Waals surface area contributed by atoms with Crippen LogP contribution in [0.2, 0.25) is 0 Å². The number of nitrogens with one attached hydrogen (secondary N) is 1. The summed E-state index contributed by atoms with van der Waals surface area (Å²) >= 11 is 1.29. The number of hydrogen-bond donors (Lipinski definition) is 1. The molecule has 36 heavy (non-hydrogen) atoms. The molecule has 0 atom stereocenters. The van der Waals surface area contributed by atoms with Crippen molar-refractivity contribution in [3.63, 3.8) is 0 Å². The van der Waals surface area contributed by atoms with Crippen molar-refractivity contribution < 1.29 is 19.0 Å². The van der Waals surface area contributed by atoms with Crippen molar-refractivity contribution in [2.75, 3.05) is 14.2 Å². The van der Waals surface area contributed by atoms with Crippen molar-refractivity contribution in [3.8, 4) is 17.2 Å². The normalized spacial score (nSPS) is 15.1. The topological polar surface area (TPSA) is 69.2 Å². The van der Waals surface area contributed by atoms with Gasteiger partial charge in [0.25, 0.3) is 5.91 Å². The number of aliphatic imine (C=N–C) groups is 1. The molecule has 0 aromatic heterocycles. The van der Waals surface area contributed by atoms with Crippen LogP contribution in [0.25, 0.3) is 6.08 Å². The fourth-order valence-electron chi connectivity index (χ4n) is 3.64. The fraction of sp³-hybridized carbons (Fsp3) is 0.172. The smallest absolute Gasteiger partial charge is 0.264 e. The second-order valence-electron chi connectivity index (χ2n) is 8.16. The highest BCUT2D eigenvalue weighted by Gasteiger charge is 2.24. The van der Waals surface area contributed by atoms with Crippen molar-refractivity contribution in [2.45, 2.75) is 20.0 Å². The maximum atomic E-state index is 12.6. The number of carbonyl (C=O) groups is 1. The second-order valence-corrected chi connectivity index (χ2v) is 9.19. The van der Waals surface area contributed by atoms with Crippen LogP contribution in [-0.2, 0) is 17.8 Å². The number of nitrogens with zero attached hydrogens (tertiary/aromatic N) is 1. The van der Waals surface area contributed by atoms with Crippen LogP contribution in [0.5, 0.6) is 17.2 Å². The Kier molecular flexibility index (Phi) is 8.13. The van der Waals surface area contributed by atoms with Gasteiger partial charge >= 0.3 is 0 Å². The van der Waals surface area contributed by atoms with Gasteiger partial charge < -0.3 is 19.5 Å². The molecule has 0 aliphatic carbocycles. The highest BCUT2D eigenvalue weighted by atomic mass is 32.2. The van der Waals surface area contributed by atoms with E-state index in [-0.39, 0.29) is 5.91 Å². The van der Waals surface area contributed by atoms with Crippen LogP contribution in [0.3, 0.4) is 0 Å². The molecule has 1 fully saturated rings. The van der Waals surface area contributed by atoms with Crippen LogP contribution in [0, 0.1) is 6.92 Å². The summed E-state index contributed by atoms with van der Waals surface area (Å²) in [4.78, 5) is 17.7. The molecular formula is C29H28N2O4S. The standard InChI is InChI=1S/C29H28N2O4S/c1-5-6-22-15-21(16-25(34-4)27(22)35-18-20-9-7-19(2)8-10-20)17-26-28(32)31-29(36-26)30-23-11-13-24(33-3)14-12-23/h5,7-17H,1,6,18H2,2-4H3,(H,30,31,32)/b26-17+. The number of allylic oxidation sites excluding steroid dienone is 1. The van der Waals surface area contributed by atoms with Gasteiger partial charge in [-0.1, -0.05) is 35.9 Å². The molecule has 1 N–H and O–H groups in total. The molecule has 7 heteroatoms. The van der Waals surface area contributed by atoms with Gasteiger partial charge in [0, 0.05) is 5.56 Å². The highest BCUT2D eigenvalue weighted by Crippen LogP contribution is 2.36. The summed E-state index contributed by atoms with van der Waals surface area (Å²) in [6.45, 7) is 6.36. The summed E-state index contributed by atoms with van der Waals surface area (Å²) < 4.78 is 17.0. The number of ether oxygens (including phenoxy) is 3. The van der Waals surface area contributed by atoms with E-state index >= 15 is 0 Å². The van der Waals surface area contributed by atoms with E-state index in [2.05, 4.69) is 48.1 Å². The third-order valence-electron chi connectivity index (χ3n) is 5.49. The molecule has 1 heterocycles. The molecule has 1 amide bonds. The molecule has 0 bridgehead atoms. The number of rotatable bonds is 9. The van der Waals surface area contributed by atoms with Gasteiger partial charge in [-0.05, 0) is 78.7 Å². The first-order chi connectivity index (χ1) is 17.5. The highest BCUT2D eigenvalue weighted by molar-refractivity contribution is 8.18. The molecule has 1 aliphatic rings. The first-order valence-electron chi connectivity index (χ1n) is 11.4. The van der Waals surface area contributed by atoms with Crippen LogP contribution >= 0.6 is 11.8 Å². The maximum absolute atomic E-state index is 12.6. The minimum atomic E-state index is -0.198. The van der Waals surface area contributed by atoms with E-state index in [1.807, 2.05) is 48.6 Å². The number of aryl methyl sites for hydroxylation is 1. The van der Waals surface area contributed by atoms with Gasteiger partial charge in [-0.25, -0.2) is 4.99 Å². The molecule has 0 spiro atoms. The van der Waals surface area contributed by atoms with Crippen LogP contribution in [-0.4, -0.2) is 25.3 Å². The number of hydrogen-bond acceptors (Lipinski definition) is 6. The quantitative estimate of drug-likeness (QED) is 0.279. The molecule has 4 rings (SSSR count). The summed E-state index contributed by atoms with van der Waals surface area (Å²) in [5.41, 5.74) is 4.76. The van der Waals surface area contributed by atoms with E-state index in [1.54, 1.807) is 14.2 Å². The number of benzene rings is 3. The van der Waals surface area contributed by atoms with Crippen molar-refractivity contribution in [2.24, 2.45) is 4.99 Å². The van der Waals surface area contributed by atoms with Gasteiger partial charge in [0.2, 0.25) is 0 Å². The van der Waals surface area contributed by atoms with E-state index in [9.17, 15) is 4.79 Å². The van der Waals surface area contributed by atoms with Gasteiger partial charge in [-0.2, -0.15) is 0 Å². The maximum Gasteiger partial charge on any atom is 0.264 e. The SMILES string of the molecule is C=CCc1cc(/C=C2/SC(=Nc3ccc(OC)cc3)NC2=O)cc(OC)c1OCc1ccc(C)cc1. The van der Waals surface area contributed by atoms with E-state index in [4.69, 9.17) is 14.2 Å². The summed E-state index contributed by atoms with van der Waals surface area (Å²) in [5, 5.41) is 3.35. The summed E-state index contributed by atoms with van der Waals surface area (Å²) in [5.74, 6) is 1.82. The Morgan fingerprint density at radius 1 is 1.03 bits per heavy atom. The lowest BCUT2D eigenvalue weighted by molar-refractivity contribution is -0.115. The predicted octanol–water partition coefficient (Wildman–Crippen LogP) is 6.21. The zero-order chi connectivity index (χ0) is 25.5. The lowest BCUT2D eigenvalue weighted by Gasteiger charge is -2.16. The van der Waals surface area contributed by atoms with Crippen molar-refractivity contribution in [3.05, 3.63) is 100 Å². The number of methoxy groups -OCH3 is 2. The van der Waals surface area contributed by atoms with Crippen molar-refractivity contribution in [1.82, 2.24) is 5.32 Å². The molecule has 0 unspecified atom stereocenters. The second kappa shape index (κ2) is 11.6. The van der Waals surface area contributed by atoms with E-state index in [1.165, 1.54) is 17.3 Å². The van der Waals surface area contributed by atoms with Gasteiger partial charge in [0.1, 0.15) is 12.4 Å². The number of amides is 1.